The maximum atomic E-state index is 6.26. The van der Waals surface area contributed by atoms with Gasteiger partial charge in [0.2, 0.25) is 0 Å². The maximum Gasteiger partial charge on any atom is 0.0691 e. The number of rotatable bonds is 3. The van der Waals surface area contributed by atoms with Crippen LogP contribution in [0.3, 0.4) is 0 Å². The van der Waals surface area contributed by atoms with E-state index in [0.717, 1.165) is 13.0 Å². The molecule has 2 aromatic rings. The highest BCUT2D eigenvalue weighted by Gasteiger charge is 2.29. The minimum Gasteiger partial charge on any atom is -0.362 e. The molecule has 1 aliphatic rings. The van der Waals surface area contributed by atoms with Crippen molar-refractivity contribution in [2.24, 2.45) is 5.73 Å². The van der Waals surface area contributed by atoms with E-state index in [1.54, 1.807) is 0 Å². The zero-order valence-electron chi connectivity index (χ0n) is 11.3. The van der Waals surface area contributed by atoms with Gasteiger partial charge in [-0.05, 0) is 30.5 Å². The highest BCUT2D eigenvalue weighted by Crippen LogP contribution is 2.36. The van der Waals surface area contributed by atoms with Gasteiger partial charge in [-0.1, -0.05) is 48.5 Å². The van der Waals surface area contributed by atoms with Gasteiger partial charge in [0.25, 0.3) is 0 Å². The number of fused-ring (bicyclic) bond motifs is 1. The van der Waals surface area contributed by atoms with Crippen LogP contribution in [0.15, 0.2) is 54.6 Å². The topological polar surface area (TPSA) is 29.3 Å². The van der Waals surface area contributed by atoms with Crippen molar-refractivity contribution in [2.75, 3.05) is 11.4 Å². The number of hydrogen-bond acceptors (Lipinski definition) is 2. The number of anilines is 1. The minimum absolute atomic E-state index is 0.105. The quantitative estimate of drug-likeness (QED) is 0.909. The van der Waals surface area contributed by atoms with Gasteiger partial charge < -0.3 is 10.6 Å². The van der Waals surface area contributed by atoms with Crippen molar-refractivity contribution in [1.82, 2.24) is 0 Å². The van der Waals surface area contributed by atoms with Gasteiger partial charge in [0.1, 0.15) is 0 Å². The molecule has 2 N–H and O–H groups in total. The Morgan fingerprint density at radius 1 is 1.00 bits per heavy atom. The average Bonchev–Trinajstić information content (AvgIpc) is 2.84. The first-order valence-electron chi connectivity index (χ1n) is 6.92. The van der Waals surface area contributed by atoms with Crippen molar-refractivity contribution in [3.8, 4) is 0 Å². The Labute approximate surface area is 114 Å². The second-order valence-electron chi connectivity index (χ2n) is 5.29. The molecular weight excluding hydrogens is 232 g/mol. The fourth-order valence-electron chi connectivity index (χ4n) is 3.07. The van der Waals surface area contributed by atoms with Crippen LogP contribution in [0, 0.1) is 0 Å². The number of benzene rings is 2. The molecule has 2 heteroatoms. The Bertz CT molecular complexity index is 548. The van der Waals surface area contributed by atoms with Crippen molar-refractivity contribution in [3.63, 3.8) is 0 Å². The zero-order valence-corrected chi connectivity index (χ0v) is 11.3. The van der Waals surface area contributed by atoms with Crippen molar-refractivity contribution >= 4 is 5.69 Å². The molecule has 0 saturated heterocycles. The molecule has 0 amide bonds. The van der Waals surface area contributed by atoms with Gasteiger partial charge in [-0.25, -0.2) is 0 Å². The van der Waals surface area contributed by atoms with E-state index in [0.29, 0.717) is 0 Å². The van der Waals surface area contributed by atoms with E-state index in [9.17, 15) is 0 Å². The minimum atomic E-state index is 0.105. The monoisotopic (exact) mass is 252 g/mol. The summed E-state index contributed by atoms with van der Waals surface area (Å²) in [5.41, 5.74) is 10.3. The third-order valence-electron chi connectivity index (χ3n) is 3.90. The lowest BCUT2D eigenvalue weighted by molar-refractivity contribution is 0.542. The Kier molecular flexibility index (Phi) is 3.26. The summed E-state index contributed by atoms with van der Waals surface area (Å²) in [6.07, 6.45) is 1.12. The molecule has 1 heterocycles. The second-order valence-corrected chi connectivity index (χ2v) is 5.29. The van der Waals surface area contributed by atoms with Crippen LogP contribution in [0.1, 0.15) is 24.1 Å². The lowest BCUT2D eigenvalue weighted by Gasteiger charge is -2.33. The lowest BCUT2D eigenvalue weighted by atomic mass is 9.99. The van der Waals surface area contributed by atoms with Crippen LogP contribution in [-0.4, -0.2) is 12.6 Å². The molecule has 1 aliphatic heterocycles. The summed E-state index contributed by atoms with van der Waals surface area (Å²) in [4.78, 5) is 2.45. The van der Waals surface area contributed by atoms with Gasteiger partial charge in [0, 0.05) is 18.3 Å². The summed E-state index contributed by atoms with van der Waals surface area (Å²) in [5.74, 6) is 0. The summed E-state index contributed by atoms with van der Waals surface area (Å²) in [6, 6.07) is 19.6. The van der Waals surface area contributed by atoms with E-state index in [1.807, 2.05) is 0 Å². The molecule has 0 aliphatic carbocycles. The van der Waals surface area contributed by atoms with Gasteiger partial charge in [0.15, 0.2) is 0 Å². The highest BCUT2D eigenvalue weighted by molar-refractivity contribution is 5.59. The molecule has 0 bridgehead atoms. The second kappa shape index (κ2) is 5.06. The molecule has 0 radical (unpaired) electrons. The standard InChI is InChI=1S/C17H20N2/c1-13(18)17(15-8-3-2-4-9-15)19-12-11-14-7-5-6-10-16(14)19/h2-10,13,17H,11-12,18H2,1H3. The first kappa shape index (κ1) is 12.2. The van der Waals surface area contributed by atoms with Crippen molar-refractivity contribution < 1.29 is 0 Å². The molecule has 0 saturated carbocycles. The Hall–Kier alpha value is -1.80. The Morgan fingerprint density at radius 2 is 1.68 bits per heavy atom. The van der Waals surface area contributed by atoms with Gasteiger partial charge in [-0.3, -0.25) is 0 Å². The van der Waals surface area contributed by atoms with E-state index in [2.05, 4.69) is 66.4 Å². The summed E-state index contributed by atoms with van der Waals surface area (Å²) in [7, 11) is 0. The summed E-state index contributed by atoms with van der Waals surface area (Å²) >= 11 is 0. The normalized spacial score (nSPS) is 17.1. The lowest BCUT2D eigenvalue weighted by Crippen LogP contribution is -2.38. The summed E-state index contributed by atoms with van der Waals surface area (Å²) in [5, 5.41) is 0. The van der Waals surface area contributed by atoms with E-state index in [1.165, 1.54) is 16.8 Å². The van der Waals surface area contributed by atoms with E-state index < -0.39 is 0 Å². The van der Waals surface area contributed by atoms with Gasteiger partial charge in [0.05, 0.1) is 6.04 Å². The fourth-order valence-corrected chi connectivity index (χ4v) is 3.07. The third-order valence-corrected chi connectivity index (χ3v) is 3.90. The number of nitrogens with zero attached hydrogens (tertiary/aromatic N) is 1. The van der Waals surface area contributed by atoms with Crippen LogP contribution in [0.4, 0.5) is 5.69 Å². The largest absolute Gasteiger partial charge is 0.362 e. The van der Waals surface area contributed by atoms with Gasteiger partial charge in [-0.15, -0.1) is 0 Å². The predicted molar refractivity (Wildman–Crippen MR) is 80.3 cm³/mol. The molecule has 0 aromatic heterocycles. The van der Waals surface area contributed by atoms with Crippen molar-refractivity contribution in [3.05, 3.63) is 65.7 Å². The van der Waals surface area contributed by atoms with E-state index in [4.69, 9.17) is 5.73 Å². The highest BCUT2D eigenvalue weighted by atomic mass is 15.2. The molecular formula is C17H20N2. The van der Waals surface area contributed by atoms with Gasteiger partial charge >= 0.3 is 0 Å². The molecule has 2 unspecified atom stereocenters. The molecule has 2 nitrogen and oxygen atoms in total. The SMILES string of the molecule is CC(N)C(c1ccccc1)N1CCc2ccccc21. The Morgan fingerprint density at radius 3 is 2.42 bits per heavy atom. The van der Waals surface area contributed by atoms with Crippen LogP contribution < -0.4 is 10.6 Å². The summed E-state index contributed by atoms with van der Waals surface area (Å²) in [6.45, 7) is 3.15. The fraction of sp³-hybridized carbons (Fsp3) is 0.294. The van der Waals surface area contributed by atoms with E-state index >= 15 is 0 Å². The van der Waals surface area contributed by atoms with Crippen molar-refractivity contribution in [2.45, 2.75) is 25.4 Å². The molecule has 0 fully saturated rings. The van der Waals surface area contributed by atoms with Crippen LogP contribution in [0.25, 0.3) is 0 Å². The molecule has 98 valence electrons. The predicted octanol–water partition coefficient (Wildman–Crippen LogP) is 3.14. The van der Waals surface area contributed by atoms with E-state index in [-0.39, 0.29) is 12.1 Å². The summed E-state index contributed by atoms with van der Waals surface area (Å²) < 4.78 is 0. The zero-order chi connectivity index (χ0) is 13.2. The van der Waals surface area contributed by atoms with Crippen LogP contribution >= 0.6 is 0 Å². The third kappa shape index (κ3) is 2.24. The van der Waals surface area contributed by atoms with Crippen LogP contribution in [0.2, 0.25) is 0 Å². The first-order valence-corrected chi connectivity index (χ1v) is 6.92. The smallest absolute Gasteiger partial charge is 0.0691 e. The van der Waals surface area contributed by atoms with Gasteiger partial charge in [-0.2, -0.15) is 0 Å². The Balaban J connectivity index is 1.99. The van der Waals surface area contributed by atoms with Crippen LogP contribution in [-0.2, 0) is 6.42 Å². The number of hydrogen-bond donors (Lipinski definition) is 1. The molecule has 3 rings (SSSR count). The number of nitrogens with two attached hydrogens (primary N) is 1. The number of para-hydroxylation sites is 1. The maximum absolute atomic E-state index is 6.26. The van der Waals surface area contributed by atoms with Crippen LogP contribution in [0.5, 0.6) is 0 Å². The first-order chi connectivity index (χ1) is 9.27. The van der Waals surface area contributed by atoms with Crippen molar-refractivity contribution in [1.29, 1.82) is 0 Å². The molecule has 2 atom stereocenters. The molecule has 19 heavy (non-hydrogen) atoms. The average molecular weight is 252 g/mol. The molecule has 0 spiro atoms. The molecule has 2 aromatic carbocycles.